The zero-order valence-corrected chi connectivity index (χ0v) is 14.5. The van der Waals surface area contributed by atoms with Gasteiger partial charge in [0.25, 0.3) is 10.0 Å². The Bertz CT molecular complexity index is 1080. The van der Waals surface area contributed by atoms with E-state index in [0.29, 0.717) is 15.5 Å². The molecule has 2 aromatic carbocycles. The minimum Gasteiger partial charge on any atom is -0.283 e. The highest BCUT2D eigenvalue weighted by Gasteiger charge is 2.23. The van der Waals surface area contributed by atoms with E-state index in [1.165, 1.54) is 12.1 Å². The zero-order chi connectivity index (χ0) is 18.0. The molecule has 0 saturated carbocycles. The van der Waals surface area contributed by atoms with Gasteiger partial charge in [-0.2, -0.15) is 13.5 Å². The van der Waals surface area contributed by atoms with Gasteiger partial charge in [0.1, 0.15) is 0 Å². The van der Waals surface area contributed by atoms with Crippen LogP contribution in [0.4, 0.5) is 11.4 Å². The lowest BCUT2D eigenvalue weighted by molar-refractivity contribution is 0.577. The van der Waals surface area contributed by atoms with Crippen molar-refractivity contribution in [2.75, 3.05) is 0 Å². The van der Waals surface area contributed by atoms with E-state index in [1.54, 1.807) is 43.3 Å². The molecule has 0 aliphatic rings. The largest absolute Gasteiger partial charge is 0.309 e. The van der Waals surface area contributed by atoms with Crippen molar-refractivity contribution in [3.8, 4) is 0 Å². The molecule has 1 N–H and O–H groups in total. The van der Waals surface area contributed by atoms with Crippen molar-refractivity contribution in [1.82, 2.24) is 9.19 Å². The molecule has 128 valence electrons. The molecule has 8 heteroatoms. The third kappa shape index (κ3) is 3.29. The first-order chi connectivity index (χ1) is 11.9. The summed E-state index contributed by atoms with van der Waals surface area (Å²) < 4.78 is 25.9. The smallest absolute Gasteiger partial charge is 0.283 e. The van der Waals surface area contributed by atoms with Crippen LogP contribution in [-0.2, 0) is 10.0 Å². The summed E-state index contributed by atoms with van der Waals surface area (Å²) in [6.45, 7) is 3.42. The van der Waals surface area contributed by atoms with Gasteiger partial charge in [0, 0.05) is 0 Å². The molecule has 0 amide bonds. The van der Waals surface area contributed by atoms with Gasteiger partial charge in [0.15, 0.2) is 5.69 Å². The number of rotatable bonds is 4. The highest BCUT2D eigenvalue weighted by atomic mass is 32.2. The molecule has 0 spiro atoms. The van der Waals surface area contributed by atoms with E-state index in [9.17, 15) is 13.2 Å². The number of nitrogens with zero attached hydrogens (tertiary/aromatic N) is 3. The van der Waals surface area contributed by atoms with Gasteiger partial charge in [-0.3, -0.25) is 9.89 Å². The Labute approximate surface area is 144 Å². The Hall–Kier alpha value is -3.00. The fourth-order valence-corrected chi connectivity index (χ4v) is 3.47. The summed E-state index contributed by atoms with van der Waals surface area (Å²) in [6.07, 6.45) is 0. The van der Waals surface area contributed by atoms with Crippen LogP contribution >= 0.6 is 0 Å². The number of H-pyrrole nitrogens is 1. The van der Waals surface area contributed by atoms with Crippen LogP contribution in [0.1, 0.15) is 11.3 Å². The summed E-state index contributed by atoms with van der Waals surface area (Å²) in [4.78, 5) is 12.5. The van der Waals surface area contributed by atoms with Crippen LogP contribution in [0.3, 0.4) is 0 Å². The van der Waals surface area contributed by atoms with E-state index in [2.05, 4.69) is 15.3 Å². The normalized spacial score (nSPS) is 11.9. The molecule has 0 aliphatic heterocycles. The number of aromatic nitrogens is 2. The second kappa shape index (κ2) is 6.48. The monoisotopic (exact) mass is 356 g/mol. The van der Waals surface area contributed by atoms with E-state index in [-0.39, 0.29) is 10.6 Å². The maximum absolute atomic E-state index is 12.7. The second-order valence-electron chi connectivity index (χ2n) is 5.51. The van der Waals surface area contributed by atoms with Crippen molar-refractivity contribution in [2.45, 2.75) is 18.7 Å². The highest BCUT2D eigenvalue weighted by Crippen LogP contribution is 2.19. The van der Waals surface area contributed by atoms with Crippen LogP contribution in [0.2, 0.25) is 0 Å². The molecule has 3 rings (SSSR count). The molecular weight excluding hydrogens is 340 g/mol. The molecule has 0 atom stereocenters. The van der Waals surface area contributed by atoms with Crippen LogP contribution in [0.5, 0.6) is 0 Å². The van der Waals surface area contributed by atoms with Crippen LogP contribution in [0.25, 0.3) is 0 Å². The summed E-state index contributed by atoms with van der Waals surface area (Å²) in [5, 5.41) is 10.5. The molecule has 1 heterocycles. The fraction of sp³-hybridized carbons (Fsp3) is 0.118. The number of hydrogen-bond donors (Lipinski definition) is 1. The number of aromatic amines is 1. The number of azo groups is 1. The second-order valence-corrected chi connectivity index (χ2v) is 7.30. The lowest BCUT2D eigenvalue weighted by Crippen LogP contribution is -2.25. The average Bonchev–Trinajstić information content (AvgIpc) is 2.89. The van der Waals surface area contributed by atoms with Gasteiger partial charge >= 0.3 is 5.56 Å². The molecule has 3 aromatic rings. The van der Waals surface area contributed by atoms with Gasteiger partial charge in [0.05, 0.1) is 16.3 Å². The fourth-order valence-electron chi connectivity index (χ4n) is 2.22. The minimum absolute atomic E-state index is 0.0213. The van der Waals surface area contributed by atoms with Crippen LogP contribution < -0.4 is 5.56 Å². The Morgan fingerprint density at radius 1 is 0.920 bits per heavy atom. The summed E-state index contributed by atoms with van der Waals surface area (Å²) in [6, 6.07) is 15.1. The van der Waals surface area contributed by atoms with Crippen molar-refractivity contribution in [3.63, 3.8) is 0 Å². The summed E-state index contributed by atoms with van der Waals surface area (Å²) >= 11 is 0. The van der Waals surface area contributed by atoms with Gasteiger partial charge < -0.3 is 0 Å². The van der Waals surface area contributed by atoms with E-state index in [0.717, 1.165) is 5.56 Å². The average molecular weight is 356 g/mol. The highest BCUT2D eigenvalue weighted by molar-refractivity contribution is 7.89. The van der Waals surface area contributed by atoms with Gasteiger partial charge in [-0.15, -0.1) is 9.20 Å². The van der Waals surface area contributed by atoms with Gasteiger partial charge in [-0.1, -0.05) is 35.9 Å². The molecule has 25 heavy (non-hydrogen) atoms. The maximum atomic E-state index is 12.7. The molecule has 7 nitrogen and oxygen atoms in total. The van der Waals surface area contributed by atoms with Crippen molar-refractivity contribution in [2.24, 2.45) is 10.2 Å². The summed E-state index contributed by atoms with van der Waals surface area (Å²) in [7, 11) is -4.02. The van der Waals surface area contributed by atoms with E-state index in [1.807, 2.05) is 13.0 Å². The summed E-state index contributed by atoms with van der Waals surface area (Å²) in [5.41, 5.74) is 0.999. The predicted octanol–water partition coefficient (Wildman–Crippen LogP) is 3.45. The predicted molar refractivity (Wildman–Crippen MR) is 94.2 cm³/mol. The molecule has 1 aromatic heterocycles. The number of nitrogens with one attached hydrogen (secondary N) is 1. The summed E-state index contributed by atoms with van der Waals surface area (Å²) in [5.74, 6) is 0. The minimum atomic E-state index is -4.02. The molecule has 0 bridgehead atoms. The molecule has 0 fully saturated rings. The number of hydrogen-bond acceptors (Lipinski definition) is 5. The van der Waals surface area contributed by atoms with Gasteiger partial charge in [-0.25, -0.2) is 0 Å². The Morgan fingerprint density at radius 3 is 2.20 bits per heavy atom. The lowest BCUT2D eigenvalue weighted by atomic mass is 10.2. The maximum Gasteiger partial charge on any atom is 0.309 e. The van der Waals surface area contributed by atoms with Gasteiger partial charge in [-0.05, 0) is 38.1 Å². The molecule has 0 radical (unpaired) electrons. The van der Waals surface area contributed by atoms with E-state index in [4.69, 9.17) is 0 Å². The van der Waals surface area contributed by atoms with E-state index >= 15 is 0 Å². The third-order valence-corrected chi connectivity index (χ3v) is 5.20. The SMILES string of the molecule is Cc1ccc(S(=O)(=O)n2[nH]c(C)c(N=Nc3ccccc3)c2=O)cc1. The zero-order valence-electron chi connectivity index (χ0n) is 13.7. The van der Waals surface area contributed by atoms with Crippen molar-refractivity contribution in [1.29, 1.82) is 0 Å². The Balaban J connectivity index is 2.04. The van der Waals surface area contributed by atoms with Crippen molar-refractivity contribution in [3.05, 3.63) is 76.2 Å². The van der Waals surface area contributed by atoms with E-state index < -0.39 is 15.6 Å². The Kier molecular flexibility index (Phi) is 4.37. The topological polar surface area (TPSA) is 96.7 Å². The number of benzene rings is 2. The molecular formula is C17H16N4O3S. The molecule has 0 saturated heterocycles. The molecule has 0 unspecified atom stereocenters. The molecule has 0 aliphatic carbocycles. The van der Waals surface area contributed by atoms with Crippen molar-refractivity contribution >= 4 is 21.4 Å². The Morgan fingerprint density at radius 2 is 1.56 bits per heavy atom. The third-order valence-electron chi connectivity index (χ3n) is 3.59. The quantitative estimate of drug-likeness (QED) is 0.725. The van der Waals surface area contributed by atoms with Crippen LogP contribution in [0, 0.1) is 13.8 Å². The van der Waals surface area contributed by atoms with Crippen molar-refractivity contribution < 1.29 is 8.42 Å². The lowest BCUT2D eigenvalue weighted by Gasteiger charge is -2.04. The standard InChI is InChI=1S/C17H16N4O3S/c1-12-8-10-15(11-9-12)25(23,24)21-17(22)16(13(2)20-21)19-18-14-6-4-3-5-7-14/h3-11,20H,1-2H3. The first kappa shape index (κ1) is 16.8. The van der Waals surface area contributed by atoms with Gasteiger partial charge in [0.2, 0.25) is 0 Å². The number of aryl methyl sites for hydroxylation is 2. The van der Waals surface area contributed by atoms with Crippen LogP contribution in [-0.4, -0.2) is 17.6 Å². The van der Waals surface area contributed by atoms with Crippen LogP contribution in [0.15, 0.2) is 74.5 Å². The first-order valence-corrected chi connectivity index (χ1v) is 8.94. The first-order valence-electron chi connectivity index (χ1n) is 7.50.